The van der Waals surface area contributed by atoms with Crippen molar-refractivity contribution >= 4 is 29.0 Å². The van der Waals surface area contributed by atoms with Gasteiger partial charge in [-0.3, -0.25) is 4.79 Å². The number of thiocarbonyl (C=S) groups is 1. The van der Waals surface area contributed by atoms with Crippen LogP contribution in [0.2, 0.25) is 0 Å². The average Bonchev–Trinajstić information content (AvgIpc) is 2.58. The van der Waals surface area contributed by atoms with E-state index in [0.717, 1.165) is 19.0 Å². The Morgan fingerprint density at radius 1 is 1.29 bits per heavy atom. The molecule has 1 N–H and O–H groups in total. The Kier molecular flexibility index (Phi) is 7.16. The van der Waals surface area contributed by atoms with Crippen molar-refractivity contribution in [1.82, 2.24) is 9.80 Å². The van der Waals surface area contributed by atoms with Crippen LogP contribution in [0, 0.1) is 5.92 Å². The standard InChI is InChI=1S/C19H24F3N3O2S/c1-12-15(17(26)27)16(13-8-4-5-9-14(13)19(20,21)22)25(18(28)23-12)11-7-6-10-24(2)3/h4-5,8-9,15-16H,6-7,10-11H2,1-3H3,(H,26,27). The van der Waals surface area contributed by atoms with Crippen LogP contribution in [0.1, 0.15) is 36.9 Å². The molecule has 1 aromatic rings. The van der Waals surface area contributed by atoms with Crippen LogP contribution in [-0.4, -0.2) is 58.9 Å². The van der Waals surface area contributed by atoms with Crippen molar-refractivity contribution in [3.63, 3.8) is 0 Å². The third-order valence-electron chi connectivity index (χ3n) is 4.72. The van der Waals surface area contributed by atoms with E-state index in [1.54, 1.807) is 0 Å². The number of benzene rings is 1. The number of hydrogen-bond acceptors (Lipinski definition) is 3. The molecule has 0 amide bonds. The summed E-state index contributed by atoms with van der Waals surface area (Å²) < 4.78 is 40.8. The Labute approximate surface area is 167 Å². The fourth-order valence-corrected chi connectivity index (χ4v) is 3.78. The summed E-state index contributed by atoms with van der Waals surface area (Å²) >= 11 is 5.31. The SMILES string of the molecule is CC1=NC(=S)N(CCCCN(C)C)C(c2ccccc2C(F)(F)F)C1C(=O)O. The lowest BCUT2D eigenvalue weighted by atomic mass is 9.84. The second kappa shape index (κ2) is 9.00. The van der Waals surface area contributed by atoms with Crippen molar-refractivity contribution < 1.29 is 23.1 Å². The van der Waals surface area contributed by atoms with Crippen molar-refractivity contribution in [3.8, 4) is 0 Å². The predicted octanol–water partition coefficient (Wildman–Crippen LogP) is 3.85. The number of aliphatic imine (C=N–C) groups is 1. The Morgan fingerprint density at radius 2 is 1.93 bits per heavy atom. The number of carbonyl (C=O) groups is 1. The van der Waals surface area contributed by atoms with E-state index in [9.17, 15) is 23.1 Å². The summed E-state index contributed by atoms with van der Waals surface area (Å²) in [6.07, 6.45) is -3.13. The molecule has 1 aromatic carbocycles. The average molecular weight is 415 g/mol. The maximum Gasteiger partial charge on any atom is 0.416 e. The van der Waals surface area contributed by atoms with Gasteiger partial charge in [-0.05, 0) is 64.3 Å². The highest BCUT2D eigenvalue weighted by molar-refractivity contribution is 7.80. The summed E-state index contributed by atoms with van der Waals surface area (Å²) in [5, 5.41) is 9.87. The van der Waals surface area contributed by atoms with Gasteiger partial charge in [0, 0.05) is 12.3 Å². The maximum atomic E-state index is 13.6. The van der Waals surface area contributed by atoms with E-state index in [1.807, 2.05) is 19.0 Å². The van der Waals surface area contributed by atoms with Crippen LogP contribution in [0.25, 0.3) is 0 Å². The van der Waals surface area contributed by atoms with Crippen LogP contribution in [0.4, 0.5) is 13.2 Å². The van der Waals surface area contributed by atoms with E-state index in [4.69, 9.17) is 12.2 Å². The number of carboxylic acids is 1. The van der Waals surface area contributed by atoms with Gasteiger partial charge in [-0.25, -0.2) is 4.99 Å². The number of aliphatic carboxylic acids is 1. The summed E-state index contributed by atoms with van der Waals surface area (Å²) in [5.41, 5.74) is -0.724. The molecule has 0 bridgehead atoms. The van der Waals surface area contributed by atoms with Gasteiger partial charge in [-0.2, -0.15) is 13.2 Å². The highest BCUT2D eigenvalue weighted by atomic mass is 32.1. The van der Waals surface area contributed by atoms with Gasteiger partial charge in [-0.15, -0.1) is 0 Å². The normalized spacial score (nSPS) is 20.5. The summed E-state index contributed by atoms with van der Waals surface area (Å²) in [7, 11) is 3.87. The molecule has 2 atom stereocenters. The zero-order chi connectivity index (χ0) is 21.1. The maximum absolute atomic E-state index is 13.6. The van der Waals surface area contributed by atoms with Gasteiger partial charge >= 0.3 is 12.1 Å². The first-order valence-electron chi connectivity index (χ1n) is 8.93. The first-order chi connectivity index (χ1) is 13.0. The zero-order valence-electron chi connectivity index (χ0n) is 16.0. The molecule has 0 saturated carbocycles. The molecule has 1 aliphatic rings. The Bertz CT molecular complexity index is 765. The van der Waals surface area contributed by atoms with Gasteiger partial charge in [-0.1, -0.05) is 18.2 Å². The largest absolute Gasteiger partial charge is 0.481 e. The molecular formula is C19H24F3N3O2S. The van der Waals surface area contributed by atoms with Crippen LogP contribution < -0.4 is 0 Å². The molecule has 0 spiro atoms. The number of rotatable bonds is 7. The molecule has 2 rings (SSSR count). The van der Waals surface area contributed by atoms with Gasteiger partial charge in [0.2, 0.25) is 0 Å². The van der Waals surface area contributed by atoms with Crippen molar-refractivity contribution in [2.24, 2.45) is 10.9 Å². The first-order valence-corrected chi connectivity index (χ1v) is 9.34. The van der Waals surface area contributed by atoms with Crippen molar-refractivity contribution in [1.29, 1.82) is 0 Å². The molecule has 154 valence electrons. The third kappa shape index (κ3) is 5.08. The minimum atomic E-state index is -4.60. The lowest BCUT2D eigenvalue weighted by Crippen LogP contribution is -2.47. The molecular weight excluding hydrogens is 391 g/mol. The number of carboxylic acid groups (broad SMARTS) is 1. The number of hydrogen-bond donors (Lipinski definition) is 1. The number of halogens is 3. The minimum Gasteiger partial charge on any atom is -0.481 e. The van der Waals surface area contributed by atoms with Crippen LogP contribution in [0.5, 0.6) is 0 Å². The van der Waals surface area contributed by atoms with E-state index in [1.165, 1.54) is 30.0 Å². The van der Waals surface area contributed by atoms with E-state index >= 15 is 0 Å². The van der Waals surface area contributed by atoms with Crippen LogP contribution in [0.15, 0.2) is 29.3 Å². The predicted molar refractivity (Wildman–Crippen MR) is 106 cm³/mol. The van der Waals surface area contributed by atoms with Gasteiger partial charge in [0.25, 0.3) is 0 Å². The molecule has 1 heterocycles. The summed E-state index contributed by atoms with van der Waals surface area (Å²) in [6, 6.07) is 4.03. The molecule has 28 heavy (non-hydrogen) atoms. The van der Waals surface area contributed by atoms with Gasteiger partial charge in [0.05, 0.1) is 11.6 Å². The highest BCUT2D eigenvalue weighted by Crippen LogP contribution is 2.41. The Morgan fingerprint density at radius 3 is 2.50 bits per heavy atom. The Balaban J connectivity index is 2.48. The monoisotopic (exact) mass is 415 g/mol. The summed E-state index contributed by atoms with van der Waals surface area (Å²) in [5.74, 6) is -2.42. The third-order valence-corrected chi connectivity index (χ3v) is 5.05. The molecule has 1 aliphatic heterocycles. The van der Waals surface area contributed by atoms with E-state index in [2.05, 4.69) is 4.99 Å². The molecule has 0 aromatic heterocycles. The molecule has 0 saturated heterocycles. The smallest absolute Gasteiger partial charge is 0.416 e. The fraction of sp³-hybridized carbons (Fsp3) is 0.526. The van der Waals surface area contributed by atoms with Crippen LogP contribution in [0.3, 0.4) is 0 Å². The Hall–Kier alpha value is -2.00. The molecule has 9 heteroatoms. The van der Waals surface area contributed by atoms with Gasteiger partial charge in [0.1, 0.15) is 5.92 Å². The van der Waals surface area contributed by atoms with Crippen molar-refractivity contribution in [2.45, 2.75) is 32.0 Å². The number of nitrogens with zero attached hydrogens (tertiary/aromatic N) is 3. The van der Waals surface area contributed by atoms with E-state index < -0.39 is 29.7 Å². The lowest BCUT2D eigenvalue weighted by molar-refractivity contribution is -0.143. The van der Waals surface area contributed by atoms with E-state index in [0.29, 0.717) is 13.0 Å². The molecule has 5 nitrogen and oxygen atoms in total. The van der Waals surface area contributed by atoms with Crippen molar-refractivity contribution in [2.75, 3.05) is 27.2 Å². The number of alkyl halides is 3. The van der Waals surface area contributed by atoms with E-state index in [-0.39, 0.29) is 16.4 Å². The first kappa shape index (κ1) is 22.3. The number of unbranched alkanes of at least 4 members (excludes halogenated alkanes) is 1. The highest BCUT2D eigenvalue weighted by Gasteiger charge is 2.44. The quantitative estimate of drug-likeness (QED) is 0.542. The summed E-state index contributed by atoms with van der Waals surface area (Å²) in [6.45, 7) is 2.65. The topological polar surface area (TPSA) is 56.1 Å². The second-order valence-electron chi connectivity index (χ2n) is 7.09. The lowest BCUT2D eigenvalue weighted by Gasteiger charge is -2.40. The van der Waals surface area contributed by atoms with Crippen LogP contribution >= 0.6 is 12.2 Å². The second-order valence-corrected chi connectivity index (χ2v) is 7.45. The van der Waals surface area contributed by atoms with Crippen LogP contribution in [-0.2, 0) is 11.0 Å². The molecule has 0 aliphatic carbocycles. The fourth-order valence-electron chi connectivity index (χ4n) is 3.43. The molecule has 2 unspecified atom stereocenters. The van der Waals surface area contributed by atoms with Crippen molar-refractivity contribution in [3.05, 3.63) is 35.4 Å². The van der Waals surface area contributed by atoms with Gasteiger partial charge < -0.3 is 14.9 Å². The zero-order valence-corrected chi connectivity index (χ0v) is 16.8. The summed E-state index contributed by atoms with van der Waals surface area (Å²) in [4.78, 5) is 19.6. The molecule has 0 fully saturated rings. The minimum absolute atomic E-state index is 0.0911. The van der Waals surface area contributed by atoms with Gasteiger partial charge in [0.15, 0.2) is 5.11 Å². The molecule has 0 radical (unpaired) electrons.